The number of hydrogen-bond acceptors (Lipinski definition) is 6. The average Bonchev–Trinajstić information content (AvgIpc) is 2.73. The molecule has 0 fully saturated rings. The minimum atomic E-state index is 0.249. The number of pyridine rings is 1. The first-order valence-corrected chi connectivity index (χ1v) is 5.93. The van der Waals surface area contributed by atoms with Crippen LogP contribution in [-0.4, -0.2) is 4.98 Å². The molecule has 2 aromatic rings. The van der Waals surface area contributed by atoms with Gasteiger partial charge in [-0.1, -0.05) is 6.07 Å². The Morgan fingerprint density at radius 2 is 2.22 bits per heavy atom. The molecule has 2 heterocycles. The van der Waals surface area contributed by atoms with E-state index in [1.807, 2.05) is 24.3 Å². The molecule has 0 spiro atoms. The maximum Gasteiger partial charge on any atom is 0.131 e. The smallest absolute Gasteiger partial charge is 0.131 e. The van der Waals surface area contributed by atoms with Crippen molar-refractivity contribution in [1.29, 1.82) is 10.5 Å². The molecule has 0 atom stereocenters. The molecule has 0 radical (unpaired) electrons. The molecule has 0 amide bonds. The summed E-state index contributed by atoms with van der Waals surface area (Å²) < 4.78 is 0. The molecule has 0 aliphatic heterocycles. The molecule has 0 aliphatic rings. The number of anilines is 2. The molecule has 0 saturated carbocycles. The summed E-state index contributed by atoms with van der Waals surface area (Å²) in [4.78, 5) is 4.36. The standard InChI is InChI=1S/C12H9N5S/c13-4-9-11(15)10(5-14)18-12(9)17-7-8-2-1-3-16-6-8/h1-3,6,17H,7,15H2. The summed E-state index contributed by atoms with van der Waals surface area (Å²) in [5.41, 5.74) is 7.28. The van der Waals surface area contributed by atoms with Crippen molar-refractivity contribution in [2.75, 3.05) is 11.1 Å². The fourth-order valence-corrected chi connectivity index (χ4v) is 2.31. The van der Waals surface area contributed by atoms with Crippen molar-refractivity contribution in [2.24, 2.45) is 0 Å². The van der Waals surface area contributed by atoms with E-state index < -0.39 is 0 Å². The Kier molecular flexibility index (Phi) is 3.42. The number of aromatic nitrogens is 1. The van der Waals surface area contributed by atoms with Gasteiger partial charge in [-0.05, 0) is 11.6 Å². The first-order chi connectivity index (χ1) is 8.76. The van der Waals surface area contributed by atoms with Crippen LogP contribution in [0.1, 0.15) is 16.0 Å². The Morgan fingerprint density at radius 1 is 1.39 bits per heavy atom. The van der Waals surface area contributed by atoms with Gasteiger partial charge in [0.05, 0.1) is 5.69 Å². The number of hydrogen-bond donors (Lipinski definition) is 2. The lowest BCUT2D eigenvalue weighted by Gasteiger charge is -2.03. The molecule has 0 aromatic carbocycles. The second-order valence-electron chi connectivity index (χ2n) is 3.49. The minimum absolute atomic E-state index is 0.249. The van der Waals surface area contributed by atoms with Crippen molar-refractivity contribution in [2.45, 2.75) is 6.54 Å². The van der Waals surface area contributed by atoms with Crippen LogP contribution in [0.2, 0.25) is 0 Å². The molecular weight excluding hydrogens is 246 g/mol. The number of nitrogen functional groups attached to an aromatic ring is 1. The monoisotopic (exact) mass is 255 g/mol. The molecule has 2 rings (SSSR count). The molecule has 0 bridgehead atoms. The van der Waals surface area contributed by atoms with Gasteiger partial charge in [-0.2, -0.15) is 10.5 Å². The van der Waals surface area contributed by atoms with Crippen LogP contribution in [0.3, 0.4) is 0 Å². The summed E-state index contributed by atoms with van der Waals surface area (Å²) in [5.74, 6) is 0. The number of rotatable bonds is 3. The number of nitrogens with two attached hydrogens (primary N) is 1. The maximum absolute atomic E-state index is 9.02. The number of nitriles is 2. The first kappa shape index (κ1) is 11.9. The van der Waals surface area contributed by atoms with Crippen LogP contribution in [0.15, 0.2) is 24.5 Å². The van der Waals surface area contributed by atoms with Gasteiger partial charge >= 0.3 is 0 Å². The third-order valence-corrected chi connectivity index (χ3v) is 3.40. The largest absolute Gasteiger partial charge is 0.396 e. The highest BCUT2D eigenvalue weighted by Gasteiger charge is 2.15. The van der Waals surface area contributed by atoms with E-state index in [0.717, 1.165) is 5.56 Å². The average molecular weight is 255 g/mol. The summed E-state index contributed by atoms with van der Waals surface area (Å²) in [6, 6.07) is 7.75. The van der Waals surface area contributed by atoms with Crippen molar-refractivity contribution >= 4 is 22.0 Å². The number of nitrogens with zero attached hydrogens (tertiary/aromatic N) is 3. The van der Waals surface area contributed by atoms with Gasteiger partial charge in [0.1, 0.15) is 27.6 Å². The van der Waals surface area contributed by atoms with E-state index in [2.05, 4.69) is 10.3 Å². The zero-order valence-electron chi connectivity index (χ0n) is 9.34. The van der Waals surface area contributed by atoms with Gasteiger partial charge in [0.2, 0.25) is 0 Å². The molecule has 2 aromatic heterocycles. The van der Waals surface area contributed by atoms with Crippen LogP contribution >= 0.6 is 11.3 Å². The Bertz CT molecular complexity index is 633. The second kappa shape index (κ2) is 5.17. The van der Waals surface area contributed by atoms with Crippen molar-refractivity contribution in [1.82, 2.24) is 4.98 Å². The highest BCUT2D eigenvalue weighted by Crippen LogP contribution is 2.34. The quantitative estimate of drug-likeness (QED) is 0.874. The predicted octanol–water partition coefficient (Wildman–Crippen LogP) is 2.08. The lowest BCUT2D eigenvalue weighted by molar-refractivity contribution is 1.12. The minimum Gasteiger partial charge on any atom is -0.396 e. The fraction of sp³-hybridized carbons (Fsp3) is 0.0833. The Balaban J connectivity index is 2.21. The summed E-state index contributed by atoms with van der Waals surface area (Å²) in [6.07, 6.45) is 3.43. The van der Waals surface area contributed by atoms with Crippen LogP contribution in [0, 0.1) is 22.7 Å². The van der Waals surface area contributed by atoms with Crippen LogP contribution in [-0.2, 0) is 6.54 Å². The fourth-order valence-electron chi connectivity index (χ4n) is 1.45. The molecular formula is C12H9N5S. The van der Waals surface area contributed by atoms with Gasteiger partial charge in [0.15, 0.2) is 0 Å². The van der Waals surface area contributed by atoms with E-state index in [-0.39, 0.29) is 5.69 Å². The molecule has 0 saturated heterocycles. The van der Waals surface area contributed by atoms with E-state index in [9.17, 15) is 0 Å². The summed E-state index contributed by atoms with van der Waals surface area (Å²) in [6.45, 7) is 0.535. The molecule has 18 heavy (non-hydrogen) atoms. The normalized spacial score (nSPS) is 9.44. The summed E-state index contributed by atoms with van der Waals surface area (Å²) >= 11 is 1.19. The summed E-state index contributed by atoms with van der Waals surface area (Å²) in [7, 11) is 0. The molecule has 0 unspecified atom stereocenters. The molecule has 88 valence electrons. The van der Waals surface area contributed by atoms with Crippen molar-refractivity contribution in [3.05, 3.63) is 40.5 Å². The van der Waals surface area contributed by atoms with Gasteiger partial charge in [0, 0.05) is 18.9 Å². The lowest BCUT2D eigenvalue weighted by atomic mass is 10.2. The zero-order valence-corrected chi connectivity index (χ0v) is 10.2. The third-order valence-electron chi connectivity index (χ3n) is 2.33. The molecule has 5 nitrogen and oxygen atoms in total. The highest BCUT2D eigenvalue weighted by molar-refractivity contribution is 7.17. The van der Waals surface area contributed by atoms with Gasteiger partial charge in [-0.25, -0.2) is 0 Å². The highest BCUT2D eigenvalue weighted by atomic mass is 32.1. The van der Waals surface area contributed by atoms with Gasteiger partial charge in [0.25, 0.3) is 0 Å². The maximum atomic E-state index is 9.02. The van der Waals surface area contributed by atoms with Crippen molar-refractivity contribution in [3.8, 4) is 12.1 Å². The third kappa shape index (κ3) is 2.24. The molecule has 0 aliphatic carbocycles. The van der Waals surface area contributed by atoms with E-state index in [0.29, 0.717) is 22.0 Å². The lowest BCUT2D eigenvalue weighted by Crippen LogP contribution is -1.99. The molecule has 6 heteroatoms. The van der Waals surface area contributed by atoms with E-state index in [4.69, 9.17) is 16.3 Å². The van der Waals surface area contributed by atoms with Gasteiger partial charge in [-0.3, -0.25) is 4.98 Å². The Morgan fingerprint density at radius 3 is 2.83 bits per heavy atom. The Labute approximate surface area is 108 Å². The predicted molar refractivity (Wildman–Crippen MR) is 69.7 cm³/mol. The Hall–Kier alpha value is -2.57. The first-order valence-electron chi connectivity index (χ1n) is 5.11. The number of nitrogens with one attached hydrogen (secondary N) is 1. The van der Waals surface area contributed by atoms with Crippen LogP contribution < -0.4 is 11.1 Å². The van der Waals surface area contributed by atoms with Crippen molar-refractivity contribution in [3.63, 3.8) is 0 Å². The van der Waals surface area contributed by atoms with Gasteiger partial charge < -0.3 is 11.1 Å². The SMILES string of the molecule is N#Cc1sc(NCc2cccnc2)c(C#N)c1N. The van der Waals surface area contributed by atoms with E-state index in [1.54, 1.807) is 12.4 Å². The van der Waals surface area contributed by atoms with Gasteiger partial charge in [-0.15, -0.1) is 11.3 Å². The topological polar surface area (TPSA) is 98.5 Å². The van der Waals surface area contributed by atoms with Crippen LogP contribution in [0.4, 0.5) is 10.7 Å². The summed E-state index contributed by atoms with van der Waals surface area (Å²) in [5, 5.41) is 21.6. The van der Waals surface area contributed by atoms with Crippen LogP contribution in [0.5, 0.6) is 0 Å². The molecule has 3 N–H and O–H groups in total. The second-order valence-corrected chi connectivity index (χ2v) is 4.51. The van der Waals surface area contributed by atoms with E-state index in [1.165, 1.54) is 11.3 Å². The number of thiophene rings is 1. The van der Waals surface area contributed by atoms with E-state index >= 15 is 0 Å². The van der Waals surface area contributed by atoms with Crippen LogP contribution in [0.25, 0.3) is 0 Å². The van der Waals surface area contributed by atoms with Crippen molar-refractivity contribution < 1.29 is 0 Å². The zero-order chi connectivity index (χ0) is 13.0.